The number of fused-ring (bicyclic) bond motifs is 1. The van der Waals surface area contributed by atoms with Crippen molar-refractivity contribution in [2.75, 3.05) is 88.3 Å². The number of nitrogens with zero attached hydrogens (tertiary/aromatic N) is 8. The van der Waals surface area contributed by atoms with E-state index in [1.54, 1.807) is 20.3 Å². The Hall–Kier alpha value is -3.76. The first-order valence-electron chi connectivity index (χ1n) is 13.2. The van der Waals surface area contributed by atoms with Crippen LogP contribution in [-0.4, -0.2) is 97.9 Å². The summed E-state index contributed by atoms with van der Waals surface area (Å²) in [6.07, 6.45) is 7.97. The molecule has 0 bridgehead atoms. The molecule has 204 valence electrons. The molecule has 3 aromatic heterocycles. The Balaban J connectivity index is 1.13. The van der Waals surface area contributed by atoms with Crippen LogP contribution in [0.2, 0.25) is 5.02 Å². The van der Waals surface area contributed by atoms with Crippen molar-refractivity contribution in [3.63, 3.8) is 0 Å². The Kier molecular flexibility index (Phi) is 7.05. The minimum atomic E-state index is 0.516. The molecule has 2 saturated heterocycles. The molecule has 1 aromatic carbocycles. The minimum absolute atomic E-state index is 0.516. The lowest BCUT2D eigenvalue weighted by molar-refractivity contribution is 0.312. The number of piperazine rings is 2. The number of ether oxygens (including phenoxy) is 2. The average Bonchev–Trinajstić information content (AvgIpc) is 3.41. The van der Waals surface area contributed by atoms with Crippen LogP contribution in [0.15, 0.2) is 49.1 Å². The molecule has 0 aliphatic carbocycles. The third-order valence-corrected chi connectivity index (χ3v) is 7.91. The van der Waals surface area contributed by atoms with Gasteiger partial charge < -0.3 is 33.5 Å². The van der Waals surface area contributed by atoms with Crippen molar-refractivity contribution in [2.45, 2.75) is 0 Å². The molecular formula is C28H33ClN8O2. The van der Waals surface area contributed by atoms with E-state index in [0.29, 0.717) is 16.5 Å². The Morgan fingerprint density at radius 3 is 2.10 bits per heavy atom. The lowest BCUT2D eigenvalue weighted by Gasteiger charge is -2.36. The Morgan fingerprint density at radius 1 is 0.769 bits per heavy atom. The van der Waals surface area contributed by atoms with Crippen molar-refractivity contribution in [1.82, 2.24) is 24.3 Å². The predicted octanol–water partition coefficient (Wildman–Crippen LogP) is 3.54. The summed E-state index contributed by atoms with van der Waals surface area (Å²) in [5.41, 5.74) is 4.72. The molecule has 0 unspecified atom stereocenters. The average molecular weight is 549 g/mol. The molecule has 0 atom stereocenters. The first-order chi connectivity index (χ1) is 19.0. The third-order valence-electron chi connectivity index (χ3n) is 7.61. The number of aromatic nitrogens is 4. The lowest BCUT2D eigenvalue weighted by atomic mass is 10.1. The summed E-state index contributed by atoms with van der Waals surface area (Å²) in [6, 6.07) is 7.88. The minimum Gasteiger partial charge on any atom is -0.496 e. The van der Waals surface area contributed by atoms with Crippen LogP contribution in [-0.2, 0) is 0 Å². The van der Waals surface area contributed by atoms with Gasteiger partial charge in [-0.2, -0.15) is 0 Å². The highest BCUT2D eigenvalue weighted by molar-refractivity contribution is 6.32. The summed E-state index contributed by atoms with van der Waals surface area (Å²) in [6.45, 7) is 7.66. The molecule has 2 aliphatic heterocycles. The fourth-order valence-electron chi connectivity index (χ4n) is 5.23. The second kappa shape index (κ2) is 10.8. The fourth-order valence-corrected chi connectivity index (χ4v) is 5.47. The van der Waals surface area contributed by atoms with Crippen molar-refractivity contribution < 1.29 is 9.47 Å². The molecule has 0 amide bonds. The zero-order chi connectivity index (χ0) is 26.9. The van der Waals surface area contributed by atoms with Gasteiger partial charge in [0.15, 0.2) is 0 Å². The van der Waals surface area contributed by atoms with Crippen molar-refractivity contribution in [1.29, 1.82) is 0 Å². The molecular weight excluding hydrogens is 516 g/mol. The maximum atomic E-state index is 6.40. The van der Waals surface area contributed by atoms with Gasteiger partial charge in [-0.15, -0.1) is 0 Å². The third kappa shape index (κ3) is 5.14. The van der Waals surface area contributed by atoms with Gasteiger partial charge in [-0.3, -0.25) is 0 Å². The van der Waals surface area contributed by atoms with E-state index in [0.717, 1.165) is 86.6 Å². The van der Waals surface area contributed by atoms with Gasteiger partial charge >= 0.3 is 0 Å². The van der Waals surface area contributed by atoms with Crippen LogP contribution < -0.4 is 24.2 Å². The molecule has 10 nitrogen and oxygen atoms in total. The molecule has 2 fully saturated rings. The van der Waals surface area contributed by atoms with Crippen molar-refractivity contribution in [3.8, 4) is 22.8 Å². The fraction of sp³-hybridized carbons (Fsp3) is 0.393. The number of pyridine rings is 1. The van der Waals surface area contributed by atoms with Crippen molar-refractivity contribution in [3.05, 3.63) is 54.1 Å². The van der Waals surface area contributed by atoms with Crippen LogP contribution in [0.3, 0.4) is 0 Å². The van der Waals surface area contributed by atoms with E-state index >= 15 is 0 Å². The number of rotatable bonds is 6. The maximum absolute atomic E-state index is 6.40. The van der Waals surface area contributed by atoms with Gasteiger partial charge in [0, 0.05) is 88.1 Å². The summed E-state index contributed by atoms with van der Waals surface area (Å²) in [5, 5.41) is 0.516. The van der Waals surface area contributed by atoms with Gasteiger partial charge in [0.25, 0.3) is 0 Å². The summed E-state index contributed by atoms with van der Waals surface area (Å²) in [4.78, 5) is 23.6. The maximum Gasteiger partial charge on any atom is 0.225 e. The van der Waals surface area contributed by atoms with Crippen LogP contribution in [0.1, 0.15) is 0 Å². The number of imidazole rings is 1. The van der Waals surface area contributed by atoms with Crippen LogP contribution >= 0.6 is 11.6 Å². The Labute approximate surface area is 233 Å². The number of hydrogen-bond acceptors (Lipinski definition) is 9. The highest BCUT2D eigenvalue weighted by atomic mass is 35.5. The van der Waals surface area contributed by atoms with Crippen LogP contribution in [0, 0.1) is 0 Å². The van der Waals surface area contributed by atoms with E-state index in [9.17, 15) is 0 Å². The topological polar surface area (TPSA) is 74.5 Å². The van der Waals surface area contributed by atoms with Crippen LogP contribution in [0.25, 0.3) is 16.9 Å². The normalized spacial score (nSPS) is 16.7. The number of likely N-dealkylation sites (N-methyl/N-ethyl adjacent to an activating group) is 1. The monoisotopic (exact) mass is 548 g/mol. The zero-order valence-corrected chi connectivity index (χ0v) is 23.3. The number of benzene rings is 1. The summed E-state index contributed by atoms with van der Waals surface area (Å²) >= 11 is 6.40. The second-order valence-corrected chi connectivity index (χ2v) is 10.4. The molecule has 0 N–H and O–H groups in total. The molecule has 6 rings (SSSR count). The molecule has 39 heavy (non-hydrogen) atoms. The SMILES string of the molecule is COc1cc(OC)c(-c2cn3ccc(N4CCN(c5ncc(N6CCN(C)CC6)cn5)CC4)cc3n2)cc1Cl. The molecule has 0 radical (unpaired) electrons. The summed E-state index contributed by atoms with van der Waals surface area (Å²) in [7, 11) is 5.38. The van der Waals surface area contributed by atoms with Crippen molar-refractivity contribution in [2.24, 2.45) is 0 Å². The highest BCUT2D eigenvalue weighted by Gasteiger charge is 2.21. The van der Waals surface area contributed by atoms with Gasteiger partial charge in [-0.05, 0) is 19.2 Å². The predicted molar refractivity (Wildman–Crippen MR) is 155 cm³/mol. The summed E-state index contributed by atoms with van der Waals surface area (Å²) < 4.78 is 12.9. The zero-order valence-electron chi connectivity index (χ0n) is 22.5. The van der Waals surface area contributed by atoms with Gasteiger partial charge in [0.2, 0.25) is 5.95 Å². The van der Waals surface area contributed by atoms with E-state index in [4.69, 9.17) is 36.0 Å². The second-order valence-electron chi connectivity index (χ2n) is 9.97. The number of anilines is 3. The number of methoxy groups -OCH3 is 2. The van der Waals surface area contributed by atoms with Crippen LogP contribution in [0.5, 0.6) is 11.5 Å². The first-order valence-corrected chi connectivity index (χ1v) is 13.6. The Morgan fingerprint density at radius 2 is 1.41 bits per heavy atom. The van der Waals surface area contributed by atoms with E-state index < -0.39 is 0 Å². The number of halogens is 1. The molecule has 0 saturated carbocycles. The molecule has 0 spiro atoms. The highest BCUT2D eigenvalue weighted by Crippen LogP contribution is 2.38. The van der Waals surface area contributed by atoms with Gasteiger partial charge in [0.1, 0.15) is 17.1 Å². The number of hydrogen-bond donors (Lipinski definition) is 0. The van der Waals surface area contributed by atoms with E-state index in [1.807, 2.05) is 35.3 Å². The molecule has 2 aliphatic rings. The quantitative estimate of drug-likeness (QED) is 0.359. The van der Waals surface area contributed by atoms with E-state index in [-0.39, 0.29) is 0 Å². The largest absolute Gasteiger partial charge is 0.496 e. The molecule has 11 heteroatoms. The molecule has 4 aromatic rings. The van der Waals surface area contributed by atoms with Gasteiger partial charge in [0.05, 0.1) is 43.0 Å². The van der Waals surface area contributed by atoms with E-state index in [1.165, 1.54) is 0 Å². The van der Waals surface area contributed by atoms with Gasteiger partial charge in [-0.25, -0.2) is 15.0 Å². The first kappa shape index (κ1) is 25.5. The summed E-state index contributed by atoms with van der Waals surface area (Å²) in [5.74, 6) is 2.03. The standard InChI is InChI=1S/C28H33ClN8O2/c1-33-6-8-35(9-7-33)21-17-30-28(31-18-21)36-12-10-34(11-13-36)20-4-5-37-19-24(32-27(37)14-20)22-15-23(29)26(39-3)16-25(22)38-2/h4-5,14-19H,6-13H2,1-3H3. The van der Waals surface area contributed by atoms with Crippen molar-refractivity contribution >= 4 is 34.6 Å². The lowest BCUT2D eigenvalue weighted by Crippen LogP contribution is -2.47. The van der Waals surface area contributed by atoms with E-state index in [2.05, 4.69) is 38.8 Å². The molecule has 5 heterocycles. The smallest absolute Gasteiger partial charge is 0.225 e. The Bertz CT molecular complexity index is 1440. The van der Waals surface area contributed by atoms with Crippen LogP contribution in [0.4, 0.5) is 17.3 Å². The van der Waals surface area contributed by atoms with Gasteiger partial charge in [-0.1, -0.05) is 11.6 Å².